The molecule has 0 amide bonds. The first-order valence-corrected chi connectivity index (χ1v) is 12.9. The van der Waals surface area contributed by atoms with Gasteiger partial charge in [0.2, 0.25) is 11.0 Å². The van der Waals surface area contributed by atoms with Gasteiger partial charge in [-0.15, -0.1) is 11.3 Å². The van der Waals surface area contributed by atoms with Crippen molar-refractivity contribution in [2.24, 2.45) is 0 Å². The zero-order chi connectivity index (χ0) is 24.9. The summed E-state index contributed by atoms with van der Waals surface area (Å²) < 4.78 is 3.47. The van der Waals surface area contributed by atoms with Crippen LogP contribution in [0.1, 0.15) is 33.4 Å². The molecular weight excluding hydrogens is 446 g/mol. The molecule has 3 aromatic carbocycles. The largest absolute Gasteiger partial charge is 0.355 e. The summed E-state index contributed by atoms with van der Waals surface area (Å²) in [5.41, 5.74) is 13.3. The van der Waals surface area contributed by atoms with Crippen LogP contribution in [-0.4, -0.2) is 12.0 Å². The van der Waals surface area contributed by atoms with Gasteiger partial charge in [-0.1, -0.05) is 11.6 Å². The molecule has 0 atom stereocenters. The first kappa shape index (κ1) is 23.3. The van der Waals surface area contributed by atoms with E-state index in [9.17, 15) is 0 Å². The van der Waals surface area contributed by atoms with Crippen molar-refractivity contribution in [1.29, 1.82) is 0 Å². The van der Waals surface area contributed by atoms with E-state index in [4.69, 9.17) is 4.98 Å². The van der Waals surface area contributed by atoms with Gasteiger partial charge in [-0.2, -0.15) is 4.58 Å². The molecule has 0 aromatic heterocycles. The Kier molecular flexibility index (Phi) is 5.94. The summed E-state index contributed by atoms with van der Waals surface area (Å²) in [7, 11) is 2.15. The summed E-state index contributed by atoms with van der Waals surface area (Å²) in [5, 5.41) is 4.79. The smallest absolute Gasteiger partial charge is 0.211 e. The molecule has 4 heteroatoms. The van der Waals surface area contributed by atoms with Gasteiger partial charge >= 0.3 is 0 Å². The van der Waals surface area contributed by atoms with Gasteiger partial charge in [-0.25, -0.2) is 4.98 Å². The number of aryl methyl sites for hydroxylation is 6. The highest BCUT2D eigenvalue weighted by Gasteiger charge is 2.16. The lowest BCUT2D eigenvalue weighted by Gasteiger charge is -2.13. The molecule has 1 heterocycles. The minimum Gasteiger partial charge on any atom is -0.355 e. The van der Waals surface area contributed by atoms with Gasteiger partial charge in [0.15, 0.2) is 0 Å². The van der Waals surface area contributed by atoms with Gasteiger partial charge in [0, 0.05) is 34.6 Å². The molecule has 0 saturated heterocycles. The number of nitrogens with one attached hydrogen (secondary N) is 1. The molecule has 0 fully saturated rings. The first-order chi connectivity index (χ1) is 16.7. The van der Waals surface area contributed by atoms with Crippen molar-refractivity contribution in [3.63, 3.8) is 0 Å². The second-order valence-electron chi connectivity index (χ2n) is 9.73. The Balaban J connectivity index is 1.60. The number of anilines is 2. The summed E-state index contributed by atoms with van der Waals surface area (Å²) in [6, 6.07) is 22.0. The van der Waals surface area contributed by atoms with E-state index in [0.717, 1.165) is 22.6 Å². The fraction of sp³-hybridized carbons (Fsp3) is 0.226. The van der Waals surface area contributed by atoms with Crippen LogP contribution in [0.3, 0.4) is 0 Å². The maximum absolute atomic E-state index is 4.95. The molecule has 5 rings (SSSR count). The van der Waals surface area contributed by atoms with Crippen LogP contribution in [0.15, 0.2) is 60.7 Å². The fourth-order valence-corrected chi connectivity index (χ4v) is 6.02. The highest BCUT2D eigenvalue weighted by Crippen LogP contribution is 2.33. The molecule has 35 heavy (non-hydrogen) atoms. The Bertz CT molecular complexity index is 1620. The first-order valence-electron chi connectivity index (χ1n) is 12.0. The average Bonchev–Trinajstić information content (AvgIpc) is 2.80. The predicted octanol–water partition coefficient (Wildman–Crippen LogP) is 7.73. The van der Waals surface area contributed by atoms with Crippen LogP contribution in [0.5, 0.6) is 0 Å². The molecule has 3 nitrogen and oxygen atoms in total. The summed E-state index contributed by atoms with van der Waals surface area (Å²) in [4.78, 5) is 6.14. The zero-order valence-corrected chi connectivity index (χ0v) is 22.4. The lowest BCUT2D eigenvalue weighted by molar-refractivity contribution is 0.876. The van der Waals surface area contributed by atoms with Gasteiger partial charge in [-0.05, 0) is 101 Å². The van der Waals surface area contributed by atoms with E-state index < -0.39 is 0 Å². The average molecular weight is 479 g/mol. The molecule has 0 saturated carbocycles. The second-order valence-corrected chi connectivity index (χ2v) is 10.8. The Morgan fingerprint density at radius 2 is 1.43 bits per heavy atom. The minimum atomic E-state index is 1.02. The Hall–Kier alpha value is -3.50. The minimum absolute atomic E-state index is 1.02. The topological polar surface area (TPSA) is 27.9 Å². The van der Waals surface area contributed by atoms with Crippen molar-refractivity contribution < 1.29 is 0 Å². The fourth-order valence-electron chi connectivity index (χ4n) is 4.98. The molecule has 3 aromatic rings. The molecule has 0 radical (unpaired) electrons. The van der Waals surface area contributed by atoms with Crippen molar-refractivity contribution >= 4 is 38.6 Å². The van der Waals surface area contributed by atoms with Crippen LogP contribution in [0.2, 0.25) is 0 Å². The highest BCUT2D eigenvalue weighted by molar-refractivity contribution is 7.21. The normalized spacial score (nSPS) is 12.3. The van der Waals surface area contributed by atoms with Gasteiger partial charge in [-0.3, -0.25) is 0 Å². The van der Waals surface area contributed by atoms with E-state index in [1.807, 2.05) is 0 Å². The van der Waals surface area contributed by atoms with E-state index >= 15 is 0 Å². The SMILES string of the molecule is Cc1cc(C)c([N+](C)=c2ccc3nc4ccc(Nc5cc(C)c(C)cc5C)cc4sc-3c2)c(C)c1. The standard InChI is InChI=1S/C31H31N3S/c1-18-12-22(5)31(23(6)13-18)34(7)25-9-11-27-30(17-25)35-29-16-24(8-10-26(29)33-27)32-28-15-20(3)19(2)14-21(28)4/h8-17H,1-7H3/p+1. The maximum atomic E-state index is 4.95. The van der Waals surface area contributed by atoms with Crippen LogP contribution < -0.4 is 15.2 Å². The van der Waals surface area contributed by atoms with Gasteiger partial charge in [0.05, 0.1) is 20.8 Å². The molecule has 1 N–H and O–H groups in total. The van der Waals surface area contributed by atoms with Gasteiger partial charge < -0.3 is 5.32 Å². The molecule has 0 bridgehead atoms. The number of nitrogens with zero attached hydrogens (tertiary/aromatic N) is 2. The van der Waals surface area contributed by atoms with Crippen molar-refractivity contribution in [2.45, 2.75) is 41.5 Å². The third-order valence-corrected chi connectivity index (χ3v) is 7.94. The number of aromatic nitrogens is 1. The zero-order valence-electron chi connectivity index (χ0n) is 21.6. The molecule has 1 aliphatic carbocycles. The number of benzene rings is 4. The molecular formula is C31H32N3S+. The summed E-state index contributed by atoms with van der Waals surface area (Å²) in [5.74, 6) is 0. The van der Waals surface area contributed by atoms with Crippen LogP contribution in [0.4, 0.5) is 17.1 Å². The second kappa shape index (κ2) is 8.94. The Morgan fingerprint density at radius 1 is 0.714 bits per heavy atom. The van der Waals surface area contributed by atoms with E-state index in [1.54, 1.807) is 11.3 Å². The lowest BCUT2D eigenvalue weighted by Crippen LogP contribution is -2.22. The summed E-state index contributed by atoms with van der Waals surface area (Å²) in [6.07, 6.45) is 0. The van der Waals surface area contributed by atoms with Crippen molar-refractivity contribution in [3.05, 3.63) is 99.4 Å². The number of hydrogen-bond acceptors (Lipinski definition) is 3. The number of hydrogen-bond donors (Lipinski definition) is 1. The van der Waals surface area contributed by atoms with E-state index in [1.165, 1.54) is 54.0 Å². The van der Waals surface area contributed by atoms with E-state index in [0.29, 0.717) is 0 Å². The van der Waals surface area contributed by atoms with Crippen LogP contribution in [0.25, 0.3) is 20.8 Å². The van der Waals surface area contributed by atoms with Crippen molar-refractivity contribution in [2.75, 3.05) is 12.4 Å². The Labute approximate surface area is 211 Å². The van der Waals surface area contributed by atoms with Crippen LogP contribution in [0, 0.1) is 41.5 Å². The monoisotopic (exact) mass is 478 g/mol. The van der Waals surface area contributed by atoms with E-state index in [2.05, 4.69) is 119 Å². The Morgan fingerprint density at radius 3 is 2.17 bits per heavy atom. The van der Waals surface area contributed by atoms with Crippen molar-refractivity contribution in [1.82, 2.24) is 9.56 Å². The van der Waals surface area contributed by atoms with E-state index in [-0.39, 0.29) is 0 Å². The van der Waals surface area contributed by atoms with Gasteiger partial charge in [0.25, 0.3) is 0 Å². The third-order valence-electron chi connectivity index (χ3n) is 6.84. The third kappa shape index (κ3) is 4.46. The van der Waals surface area contributed by atoms with Crippen LogP contribution in [-0.2, 0) is 0 Å². The van der Waals surface area contributed by atoms with Crippen LogP contribution >= 0.6 is 11.3 Å². The molecule has 1 aliphatic heterocycles. The maximum Gasteiger partial charge on any atom is 0.211 e. The summed E-state index contributed by atoms with van der Waals surface area (Å²) >= 11 is 1.79. The predicted molar refractivity (Wildman–Crippen MR) is 152 cm³/mol. The quantitative estimate of drug-likeness (QED) is 0.212. The highest BCUT2D eigenvalue weighted by atomic mass is 32.1. The summed E-state index contributed by atoms with van der Waals surface area (Å²) in [6.45, 7) is 13.0. The molecule has 0 spiro atoms. The van der Waals surface area contributed by atoms with Gasteiger partial charge in [0.1, 0.15) is 7.05 Å². The molecule has 2 aliphatic rings. The van der Waals surface area contributed by atoms with Crippen molar-refractivity contribution in [3.8, 4) is 10.6 Å². The molecule has 176 valence electrons. The molecule has 0 unspecified atom stereocenters. The number of rotatable bonds is 3. The number of fused-ring (bicyclic) bond motifs is 2. The lowest BCUT2D eigenvalue weighted by atomic mass is 10.0.